The molecular formula is C44H44N10O6. The highest BCUT2D eigenvalue weighted by atomic mass is 16.5. The van der Waals surface area contributed by atoms with E-state index in [2.05, 4.69) is 40.5 Å². The molecular weight excluding hydrogens is 765 g/mol. The SMILES string of the molecule is COC(=O)NC(C(=O)N1CCCC1c1ncc(-c2ccc(-c3ncc(-c4cnc(C5CCCN5C(=O)C(NC(=O)OC)c5ccccc5)[nH]4)cn3)cc2)[nH]1)c1ccccc1. The van der Waals surface area contributed by atoms with E-state index in [9.17, 15) is 19.2 Å². The van der Waals surface area contributed by atoms with Crippen LogP contribution >= 0.6 is 0 Å². The summed E-state index contributed by atoms with van der Waals surface area (Å²) in [6.07, 6.45) is 8.61. The van der Waals surface area contributed by atoms with Gasteiger partial charge in [-0.15, -0.1) is 0 Å². The largest absolute Gasteiger partial charge is 0.453 e. The van der Waals surface area contributed by atoms with Crippen LogP contribution in [0.4, 0.5) is 9.59 Å². The first-order valence-electron chi connectivity index (χ1n) is 19.7. The van der Waals surface area contributed by atoms with Crippen molar-refractivity contribution in [3.05, 3.63) is 132 Å². The number of hydrogen-bond acceptors (Lipinski definition) is 10. The molecule has 16 nitrogen and oxygen atoms in total. The van der Waals surface area contributed by atoms with Crippen LogP contribution in [-0.4, -0.2) is 91.0 Å². The predicted octanol–water partition coefficient (Wildman–Crippen LogP) is 6.45. The summed E-state index contributed by atoms with van der Waals surface area (Å²) in [5.74, 6) is 1.38. The molecule has 6 aromatic rings. The van der Waals surface area contributed by atoms with Gasteiger partial charge in [0.05, 0.1) is 50.1 Å². The maximum atomic E-state index is 13.9. The fourth-order valence-corrected chi connectivity index (χ4v) is 7.90. The van der Waals surface area contributed by atoms with Gasteiger partial charge in [0.15, 0.2) is 5.82 Å². The topological polar surface area (TPSA) is 200 Å². The summed E-state index contributed by atoms with van der Waals surface area (Å²) in [5.41, 5.74) is 5.30. The summed E-state index contributed by atoms with van der Waals surface area (Å²) in [7, 11) is 2.54. The van der Waals surface area contributed by atoms with Crippen molar-refractivity contribution >= 4 is 24.0 Å². The Hall–Kier alpha value is -7.36. The smallest absolute Gasteiger partial charge is 0.407 e. The van der Waals surface area contributed by atoms with Gasteiger partial charge in [-0.05, 0) is 42.4 Å². The minimum atomic E-state index is -0.904. The number of amides is 4. The minimum absolute atomic E-state index is 0.230. The van der Waals surface area contributed by atoms with Crippen molar-refractivity contribution in [3.8, 4) is 33.9 Å². The van der Waals surface area contributed by atoms with E-state index in [1.54, 1.807) is 58.9 Å². The molecule has 2 saturated heterocycles. The number of nitrogens with one attached hydrogen (secondary N) is 4. The zero-order valence-corrected chi connectivity index (χ0v) is 33.1. The number of alkyl carbamates (subject to hydrolysis) is 2. The van der Waals surface area contributed by atoms with Gasteiger partial charge < -0.3 is 39.9 Å². The number of ether oxygens (including phenoxy) is 2. The van der Waals surface area contributed by atoms with Crippen molar-refractivity contribution in [3.63, 3.8) is 0 Å². The van der Waals surface area contributed by atoms with Crippen molar-refractivity contribution in [1.29, 1.82) is 0 Å². The standard InChI is InChI=1S/C44H44N10O6/c1-59-43(57)51-36(28-11-5-3-6-12-28)41(55)53-21-9-15-34(53)39-47-25-32(49-39)27-17-19-30(20-18-27)38-45-23-31(24-46-38)33-26-48-40(50-33)35-16-10-22-54(35)42(56)37(52-44(58)60-2)29-13-7-4-8-14-29/h3-8,11-14,17-20,23-26,34-37H,9-10,15-16,21-22H2,1-2H3,(H,47,49)(H,48,50)(H,51,57)(H,52,58). The lowest BCUT2D eigenvalue weighted by molar-refractivity contribution is -0.135. The number of benzene rings is 3. The number of aromatic amines is 2. The summed E-state index contributed by atoms with van der Waals surface area (Å²) in [6, 6.07) is 23.6. The van der Waals surface area contributed by atoms with E-state index in [1.165, 1.54) is 14.2 Å². The lowest BCUT2D eigenvalue weighted by Gasteiger charge is -2.28. The lowest BCUT2D eigenvalue weighted by Crippen LogP contribution is -2.42. The molecule has 2 aliphatic heterocycles. The molecule has 16 heteroatoms. The van der Waals surface area contributed by atoms with Crippen LogP contribution in [-0.2, 0) is 19.1 Å². The van der Waals surface area contributed by atoms with Crippen LogP contribution in [0.2, 0.25) is 0 Å². The molecule has 306 valence electrons. The van der Waals surface area contributed by atoms with E-state index >= 15 is 0 Å². The molecule has 3 aromatic heterocycles. The second kappa shape index (κ2) is 17.6. The number of H-pyrrole nitrogens is 2. The number of rotatable bonds is 11. The van der Waals surface area contributed by atoms with Crippen LogP contribution in [0.5, 0.6) is 0 Å². The third-order valence-corrected chi connectivity index (χ3v) is 11.0. The summed E-state index contributed by atoms with van der Waals surface area (Å²) in [5, 5.41) is 5.39. The van der Waals surface area contributed by atoms with Crippen molar-refractivity contribution in [2.24, 2.45) is 0 Å². The van der Waals surface area contributed by atoms with Gasteiger partial charge in [0, 0.05) is 36.6 Å². The van der Waals surface area contributed by atoms with E-state index in [-0.39, 0.29) is 23.9 Å². The van der Waals surface area contributed by atoms with Crippen LogP contribution in [0.3, 0.4) is 0 Å². The average molecular weight is 809 g/mol. The van der Waals surface area contributed by atoms with Crippen molar-refractivity contribution < 1.29 is 28.7 Å². The zero-order valence-electron chi connectivity index (χ0n) is 33.1. The molecule has 60 heavy (non-hydrogen) atoms. The number of imidazole rings is 2. The minimum Gasteiger partial charge on any atom is -0.453 e. The predicted molar refractivity (Wildman–Crippen MR) is 219 cm³/mol. The van der Waals surface area contributed by atoms with Gasteiger partial charge in [-0.1, -0.05) is 84.9 Å². The molecule has 2 fully saturated rings. The Kier molecular flexibility index (Phi) is 11.6. The highest BCUT2D eigenvalue weighted by Crippen LogP contribution is 2.36. The highest BCUT2D eigenvalue weighted by molar-refractivity contribution is 5.88. The first kappa shape index (κ1) is 39.5. The van der Waals surface area contributed by atoms with Gasteiger partial charge in [0.2, 0.25) is 0 Å². The number of carbonyl (C=O) groups is 4. The maximum absolute atomic E-state index is 13.9. The van der Waals surface area contributed by atoms with Gasteiger partial charge in [-0.3, -0.25) is 9.59 Å². The second-order valence-electron chi connectivity index (χ2n) is 14.6. The number of likely N-dealkylation sites (tertiary alicyclic amines) is 2. The third kappa shape index (κ3) is 8.30. The number of carbonyl (C=O) groups excluding carboxylic acids is 4. The van der Waals surface area contributed by atoms with E-state index in [0.29, 0.717) is 53.8 Å². The van der Waals surface area contributed by atoms with Crippen LogP contribution < -0.4 is 10.6 Å². The summed E-state index contributed by atoms with van der Waals surface area (Å²) in [4.78, 5) is 81.1. The normalized spacial score (nSPS) is 17.2. The molecule has 2 aliphatic rings. The van der Waals surface area contributed by atoms with Gasteiger partial charge in [0.25, 0.3) is 11.8 Å². The fourth-order valence-electron chi connectivity index (χ4n) is 7.90. The molecule has 4 N–H and O–H groups in total. The third-order valence-electron chi connectivity index (χ3n) is 11.0. The Morgan fingerprint density at radius 2 is 1.02 bits per heavy atom. The molecule has 4 atom stereocenters. The Bertz CT molecular complexity index is 2270. The van der Waals surface area contributed by atoms with Crippen molar-refractivity contribution in [2.45, 2.75) is 49.9 Å². The molecule has 0 spiro atoms. The second-order valence-corrected chi connectivity index (χ2v) is 14.6. The van der Waals surface area contributed by atoms with Gasteiger partial charge in [-0.25, -0.2) is 29.5 Å². The van der Waals surface area contributed by atoms with Crippen LogP contribution in [0.1, 0.15) is 72.6 Å². The van der Waals surface area contributed by atoms with E-state index in [1.807, 2.05) is 60.7 Å². The Morgan fingerprint density at radius 3 is 1.47 bits per heavy atom. The summed E-state index contributed by atoms with van der Waals surface area (Å²) >= 11 is 0. The molecule has 0 bridgehead atoms. The Balaban J connectivity index is 0.928. The Morgan fingerprint density at radius 1 is 0.583 bits per heavy atom. The molecule has 3 aromatic carbocycles. The maximum Gasteiger partial charge on any atom is 0.407 e. The highest BCUT2D eigenvalue weighted by Gasteiger charge is 2.38. The number of aromatic nitrogens is 6. The van der Waals surface area contributed by atoms with Crippen LogP contribution in [0.25, 0.3) is 33.9 Å². The zero-order chi connectivity index (χ0) is 41.6. The van der Waals surface area contributed by atoms with Crippen LogP contribution in [0.15, 0.2) is 110 Å². The quantitative estimate of drug-likeness (QED) is 0.113. The monoisotopic (exact) mass is 808 g/mol. The van der Waals surface area contributed by atoms with Crippen LogP contribution in [0, 0.1) is 0 Å². The fraction of sp³-hybridized carbons (Fsp3) is 0.273. The Labute approximate surface area is 345 Å². The van der Waals surface area contributed by atoms with Gasteiger partial charge >= 0.3 is 12.2 Å². The van der Waals surface area contributed by atoms with Crippen molar-refractivity contribution in [1.82, 2.24) is 50.3 Å². The van der Waals surface area contributed by atoms with Crippen molar-refractivity contribution in [2.75, 3.05) is 27.3 Å². The molecule has 8 rings (SSSR count). The number of hydrogen-bond donors (Lipinski definition) is 4. The average Bonchev–Trinajstić information content (AvgIpc) is 4.15. The van der Waals surface area contributed by atoms with E-state index in [0.717, 1.165) is 41.6 Å². The molecule has 4 unspecified atom stereocenters. The van der Waals surface area contributed by atoms with Gasteiger partial charge in [-0.2, -0.15) is 0 Å². The van der Waals surface area contributed by atoms with E-state index < -0.39 is 24.3 Å². The molecule has 0 saturated carbocycles. The summed E-state index contributed by atoms with van der Waals surface area (Å²) in [6.45, 7) is 1.06. The molecule has 0 radical (unpaired) electrons. The van der Waals surface area contributed by atoms with Gasteiger partial charge in [0.1, 0.15) is 23.7 Å². The number of methoxy groups -OCH3 is 2. The lowest BCUT2D eigenvalue weighted by atomic mass is 10.1. The molecule has 4 amide bonds. The summed E-state index contributed by atoms with van der Waals surface area (Å²) < 4.78 is 9.63. The first-order chi connectivity index (χ1) is 29.3. The molecule has 0 aliphatic carbocycles. The molecule has 5 heterocycles. The first-order valence-corrected chi connectivity index (χ1v) is 19.7. The number of nitrogens with zero attached hydrogens (tertiary/aromatic N) is 6. The van der Waals surface area contributed by atoms with E-state index in [4.69, 9.17) is 9.47 Å².